The molecule has 2 aromatic rings. The monoisotopic (exact) mass is 279 g/mol. The number of aliphatic hydroxyl groups is 1. The van der Waals surface area contributed by atoms with E-state index in [4.69, 9.17) is 11.6 Å². The van der Waals surface area contributed by atoms with E-state index >= 15 is 0 Å². The van der Waals surface area contributed by atoms with Crippen LogP contribution in [0.2, 0.25) is 5.02 Å². The highest BCUT2D eigenvalue weighted by Crippen LogP contribution is 2.28. The van der Waals surface area contributed by atoms with Crippen molar-refractivity contribution in [2.24, 2.45) is 0 Å². The molecule has 0 aliphatic heterocycles. The summed E-state index contributed by atoms with van der Waals surface area (Å²) in [4.78, 5) is 0. The number of aliphatic hydroxyl groups excluding tert-OH is 1. The van der Waals surface area contributed by atoms with E-state index in [-0.39, 0.29) is 11.6 Å². The molecule has 1 atom stereocenters. The molecule has 0 fully saturated rings. The normalized spacial score (nSPS) is 13.9. The Kier molecular flexibility index (Phi) is 4.08. The van der Waals surface area contributed by atoms with Crippen molar-refractivity contribution < 1.29 is 9.50 Å². The van der Waals surface area contributed by atoms with E-state index in [1.54, 1.807) is 6.07 Å². The lowest BCUT2D eigenvalue weighted by molar-refractivity contribution is 0.224. The van der Waals surface area contributed by atoms with Crippen molar-refractivity contribution >= 4 is 17.3 Å². The van der Waals surface area contributed by atoms with Gasteiger partial charge in [-0.15, -0.1) is 0 Å². The smallest absolute Gasteiger partial charge is 0.141 e. The Morgan fingerprint density at radius 1 is 1.21 bits per heavy atom. The lowest BCUT2D eigenvalue weighted by atomic mass is 9.92. The van der Waals surface area contributed by atoms with E-state index in [0.29, 0.717) is 0 Å². The quantitative estimate of drug-likeness (QED) is 0.892. The molecule has 100 valence electrons. The fourth-order valence-corrected chi connectivity index (χ4v) is 2.06. The third-order valence-electron chi connectivity index (χ3n) is 3.07. The first kappa shape index (κ1) is 13.8. The molecule has 0 aliphatic carbocycles. The van der Waals surface area contributed by atoms with Crippen LogP contribution in [0.15, 0.2) is 48.5 Å². The molecule has 2 rings (SSSR count). The Hall–Kier alpha value is -1.58. The SMILES string of the molecule is CC(CO)(Nc1ccccc1)c1ccc(F)c(Cl)c1. The van der Waals surface area contributed by atoms with E-state index in [1.165, 1.54) is 12.1 Å². The summed E-state index contributed by atoms with van der Waals surface area (Å²) < 4.78 is 13.2. The second-order valence-corrected chi connectivity index (χ2v) is 5.02. The van der Waals surface area contributed by atoms with Gasteiger partial charge in [-0.2, -0.15) is 0 Å². The second-order valence-electron chi connectivity index (χ2n) is 4.61. The lowest BCUT2D eigenvalue weighted by Crippen LogP contribution is -2.35. The predicted octanol–water partition coefficient (Wildman–Crippen LogP) is 3.80. The van der Waals surface area contributed by atoms with Crippen molar-refractivity contribution in [3.63, 3.8) is 0 Å². The van der Waals surface area contributed by atoms with Crippen LogP contribution in [0, 0.1) is 5.82 Å². The van der Waals surface area contributed by atoms with Gasteiger partial charge in [0.15, 0.2) is 0 Å². The summed E-state index contributed by atoms with van der Waals surface area (Å²) in [6.45, 7) is 1.70. The van der Waals surface area contributed by atoms with Crippen molar-refractivity contribution in [2.45, 2.75) is 12.5 Å². The molecular weight excluding hydrogens is 265 g/mol. The fraction of sp³-hybridized carbons (Fsp3) is 0.200. The van der Waals surface area contributed by atoms with Crippen LogP contribution in [-0.2, 0) is 5.54 Å². The van der Waals surface area contributed by atoms with E-state index in [1.807, 2.05) is 37.3 Å². The molecule has 0 saturated heterocycles. The summed E-state index contributed by atoms with van der Waals surface area (Å²) in [7, 11) is 0. The molecule has 0 bridgehead atoms. The van der Waals surface area contributed by atoms with Gasteiger partial charge in [-0.25, -0.2) is 4.39 Å². The Morgan fingerprint density at radius 2 is 1.89 bits per heavy atom. The Morgan fingerprint density at radius 3 is 2.47 bits per heavy atom. The van der Waals surface area contributed by atoms with Crippen molar-refractivity contribution in [3.05, 3.63) is 64.9 Å². The van der Waals surface area contributed by atoms with Crippen LogP contribution in [0.25, 0.3) is 0 Å². The van der Waals surface area contributed by atoms with Gasteiger partial charge in [0.25, 0.3) is 0 Å². The standard InChI is InChI=1S/C15H15ClFNO/c1-15(10-19,18-12-5-3-2-4-6-12)11-7-8-14(17)13(16)9-11/h2-9,18-19H,10H2,1H3. The van der Waals surface area contributed by atoms with Crippen LogP contribution in [0.4, 0.5) is 10.1 Å². The van der Waals surface area contributed by atoms with Gasteiger partial charge in [0.2, 0.25) is 0 Å². The highest BCUT2D eigenvalue weighted by atomic mass is 35.5. The van der Waals surface area contributed by atoms with E-state index in [0.717, 1.165) is 11.3 Å². The minimum atomic E-state index is -0.724. The Bertz CT molecular complexity index is 561. The molecule has 1 unspecified atom stereocenters. The minimum Gasteiger partial charge on any atom is -0.394 e. The Balaban J connectivity index is 2.33. The van der Waals surface area contributed by atoms with Gasteiger partial charge in [-0.1, -0.05) is 35.9 Å². The summed E-state index contributed by atoms with van der Waals surface area (Å²) in [5, 5.41) is 12.9. The van der Waals surface area contributed by atoms with Crippen LogP contribution in [0.1, 0.15) is 12.5 Å². The number of halogens is 2. The van der Waals surface area contributed by atoms with Crippen molar-refractivity contribution in [1.82, 2.24) is 0 Å². The van der Waals surface area contributed by atoms with Crippen LogP contribution in [-0.4, -0.2) is 11.7 Å². The maximum Gasteiger partial charge on any atom is 0.141 e. The molecule has 0 saturated carbocycles. The molecule has 2 N–H and O–H groups in total. The molecule has 0 aromatic heterocycles. The summed E-state index contributed by atoms with van der Waals surface area (Å²) in [6.07, 6.45) is 0. The summed E-state index contributed by atoms with van der Waals surface area (Å²) in [6, 6.07) is 14.0. The highest BCUT2D eigenvalue weighted by molar-refractivity contribution is 6.30. The number of para-hydroxylation sites is 1. The molecule has 0 amide bonds. The molecule has 19 heavy (non-hydrogen) atoms. The predicted molar refractivity (Wildman–Crippen MR) is 75.9 cm³/mol. The van der Waals surface area contributed by atoms with E-state index in [9.17, 15) is 9.50 Å². The summed E-state index contributed by atoms with van der Waals surface area (Å²) >= 11 is 5.80. The number of benzene rings is 2. The first-order valence-electron chi connectivity index (χ1n) is 5.95. The number of hydrogen-bond donors (Lipinski definition) is 2. The van der Waals surface area contributed by atoms with Crippen LogP contribution < -0.4 is 5.32 Å². The third-order valence-corrected chi connectivity index (χ3v) is 3.36. The van der Waals surface area contributed by atoms with Crippen LogP contribution >= 0.6 is 11.6 Å². The maximum atomic E-state index is 13.2. The van der Waals surface area contributed by atoms with Crippen molar-refractivity contribution in [1.29, 1.82) is 0 Å². The van der Waals surface area contributed by atoms with Crippen LogP contribution in [0.3, 0.4) is 0 Å². The molecule has 0 heterocycles. The molecule has 0 radical (unpaired) electrons. The Labute approximate surface area is 116 Å². The largest absolute Gasteiger partial charge is 0.394 e. The molecule has 4 heteroatoms. The topological polar surface area (TPSA) is 32.3 Å². The average molecular weight is 280 g/mol. The van der Waals surface area contributed by atoms with E-state index in [2.05, 4.69) is 5.32 Å². The van der Waals surface area contributed by atoms with Crippen LogP contribution in [0.5, 0.6) is 0 Å². The number of hydrogen-bond acceptors (Lipinski definition) is 2. The highest BCUT2D eigenvalue weighted by Gasteiger charge is 2.26. The zero-order chi connectivity index (χ0) is 13.9. The van der Waals surface area contributed by atoms with Crippen molar-refractivity contribution in [3.8, 4) is 0 Å². The van der Waals surface area contributed by atoms with Gasteiger partial charge in [0, 0.05) is 5.69 Å². The maximum absolute atomic E-state index is 13.2. The van der Waals surface area contributed by atoms with Gasteiger partial charge >= 0.3 is 0 Å². The van der Waals surface area contributed by atoms with E-state index < -0.39 is 11.4 Å². The van der Waals surface area contributed by atoms with Gasteiger partial charge in [0.05, 0.1) is 17.2 Å². The zero-order valence-electron chi connectivity index (χ0n) is 10.5. The molecule has 2 nitrogen and oxygen atoms in total. The summed E-state index contributed by atoms with van der Waals surface area (Å²) in [5.74, 6) is -0.467. The fourth-order valence-electron chi connectivity index (χ4n) is 1.88. The number of anilines is 1. The minimum absolute atomic E-state index is 0.0482. The molecule has 0 aliphatic rings. The first-order chi connectivity index (χ1) is 9.05. The van der Waals surface area contributed by atoms with Gasteiger partial charge in [-0.3, -0.25) is 0 Å². The third kappa shape index (κ3) is 3.06. The first-order valence-corrected chi connectivity index (χ1v) is 6.32. The zero-order valence-corrected chi connectivity index (χ0v) is 11.3. The average Bonchev–Trinajstić information content (AvgIpc) is 2.43. The van der Waals surface area contributed by atoms with Gasteiger partial charge in [0.1, 0.15) is 5.82 Å². The number of nitrogens with one attached hydrogen (secondary N) is 1. The van der Waals surface area contributed by atoms with Gasteiger partial charge < -0.3 is 10.4 Å². The second kappa shape index (κ2) is 5.59. The lowest BCUT2D eigenvalue weighted by Gasteiger charge is -2.30. The summed E-state index contributed by atoms with van der Waals surface area (Å²) in [5.41, 5.74) is 0.878. The van der Waals surface area contributed by atoms with Crippen molar-refractivity contribution in [2.75, 3.05) is 11.9 Å². The molecule has 0 spiro atoms. The number of rotatable bonds is 4. The molecule has 2 aromatic carbocycles. The molecular formula is C15H15ClFNO. The van der Waals surface area contributed by atoms with Gasteiger partial charge in [-0.05, 0) is 36.8 Å².